The van der Waals surface area contributed by atoms with Crippen molar-refractivity contribution in [3.05, 3.63) is 125 Å². The van der Waals surface area contributed by atoms with E-state index in [9.17, 15) is 9.59 Å². The van der Waals surface area contributed by atoms with E-state index in [0.29, 0.717) is 6.61 Å². The van der Waals surface area contributed by atoms with Gasteiger partial charge in [0.25, 0.3) is 0 Å². The van der Waals surface area contributed by atoms with E-state index in [0.717, 1.165) is 39.1 Å². The molecule has 1 aliphatic carbocycles. The van der Waals surface area contributed by atoms with Crippen molar-refractivity contribution in [3.63, 3.8) is 0 Å². The molecule has 1 N–H and O–H groups in total. The van der Waals surface area contributed by atoms with E-state index < -0.39 is 18.1 Å². The SMILES string of the molecule is Cc1ccc(COc2ccc(COC(=O)[C@H](C)NC(=O)OCC3c4ccccc4-c4ccccc43)cc2)cc1. The molecule has 39 heavy (non-hydrogen) atoms. The smallest absolute Gasteiger partial charge is 0.407 e. The molecule has 4 aromatic carbocycles. The number of rotatable bonds is 9. The van der Waals surface area contributed by atoms with Gasteiger partial charge >= 0.3 is 12.1 Å². The van der Waals surface area contributed by atoms with Crippen molar-refractivity contribution in [2.45, 2.75) is 39.0 Å². The van der Waals surface area contributed by atoms with Gasteiger partial charge in [0.2, 0.25) is 0 Å². The molecule has 0 bridgehead atoms. The number of benzene rings is 4. The zero-order valence-corrected chi connectivity index (χ0v) is 22.1. The zero-order chi connectivity index (χ0) is 27.2. The molecule has 6 nitrogen and oxygen atoms in total. The third kappa shape index (κ3) is 6.29. The molecule has 1 aliphatic rings. The number of alkyl carbamates (subject to hydrolysis) is 1. The number of hydrogen-bond acceptors (Lipinski definition) is 5. The molecule has 0 spiro atoms. The second-order valence-electron chi connectivity index (χ2n) is 9.72. The molecule has 0 saturated carbocycles. The van der Waals surface area contributed by atoms with Crippen LogP contribution in [0, 0.1) is 6.92 Å². The van der Waals surface area contributed by atoms with Crippen LogP contribution in [0.4, 0.5) is 4.79 Å². The topological polar surface area (TPSA) is 73.9 Å². The van der Waals surface area contributed by atoms with Crippen LogP contribution in [0.2, 0.25) is 0 Å². The van der Waals surface area contributed by atoms with Crippen LogP contribution in [0.15, 0.2) is 97.1 Å². The van der Waals surface area contributed by atoms with Gasteiger partial charge in [0.1, 0.15) is 31.6 Å². The molecule has 0 aliphatic heterocycles. The molecular weight excluding hydrogens is 490 g/mol. The van der Waals surface area contributed by atoms with E-state index in [1.807, 2.05) is 60.7 Å². The first-order valence-corrected chi connectivity index (χ1v) is 13.0. The molecule has 0 heterocycles. The molecule has 5 rings (SSSR count). The van der Waals surface area contributed by atoms with Gasteiger partial charge in [-0.1, -0.05) is 90.5 Å². The van der Waals surface area contributed by atoms with E-state index in [2.05, 4.69) is 48.6 Å². The predicted octanol–water partition coefficient (Wildman–Crippen LogP) is 6.54. The Morgan fingerprint density at radius 1 is 0.744 bits per heavy atom. The molecule has 0 saturated heterocycles. The van der Waals surface area contributed by atoms with Crippen molar-refractivity contribution in [3.8, 4) is 16.9 Å². The molecule has 0 fully saturated rings. The zero-order valence-electron chi connectivity index (χ0n) is 22.1. The highest BCUT2D eigenvalue weighted by molar-refractivity contribution is 5.81. The number of aryl methyl sites for hydroxylation is 1. The maximum Gasteiger partial charge on any atom is 0.407 e. The Balaban J connectivity index is 1.06. The summed E-state index contributed by atoms with van der Waals surface area (Å²) in [7, 11) is 0. The Bertz CT molecular complexity index is 1400. The number of carbonyl (C=O) groups is 2. The van der Waals surface area contributed by atoms with E-state index in [1.165, 1.54) is 5.56 Å². The number of nitrogens with one attached hydrogen (secondary N) is 1. The summed E-state index contributed by atoms with van der Waals surface area (Å²) in [5.74, 6) is 0.147. The van der Waals surface area contributed by atoms with Crippen LogP contribution in [-0.2, 0) is 27.5 Å². The normalized spacial score (nSPS) is 12.7. The number of amides is 1. The van der Waals surface area contributed by atoms with Gasteiger partial charge in [0.05, 0.1) is 0 Å². The van der Waals surface area contributed by atoms with Crippen molar-refractivity contribution in [1.82, 2.24) is 5.32 Å². The van der Waals surface area contributed by atoms with Crippen LogP contribution in [0.1, 0.15) is 40.7 Å². The van der Waals surface area contributed by atoms with E-state index in [-0.39, 0.29) is 19.1 Å². The Morgan fingerprint density at radius 3 is 1.95 bits per heavy atom. The Hall–Kier alpha value is -4.58. The van der Waals surface area contributed by atoms with Crippen LogP contribution < -0.4 is 10.1 Å². The fraction of sp³-hybridized carbons (Fsp3) is 0.212. The molecule has 1 amide bonds. The molecule has 1 atom stereocenters. The monoisotopic (exact) mass is 521 g/mol. The Kier molecular flexibility index (Phi) is 7.92. The van der Waals surface area contributed by atoms with Crippen LogP contribution in [0.25, 0.3) is 11.1 Å². The van der Waals surface area contributed by atoms with Crippen molar-refractivity contribution in [2.24, 2.45) is 0 Å². The van der Waals surface area contributed by atoms with E-state index in [4.69, 9.17) is 14.2 Å². The first-order valence-electron chi connectivity index (χ1n) is 13.0. The maximum absolute atomic E-state index is 12.5. The minimum Gasteiger partial charge on any atom is -0.489 e. The molecule has 0 radical (unpaired) electrons. The highest BCUT2D eigenvalue weighted by Gasteiger charge is 2.29. The van der Waals surface area contributed by atoms with Crippen LogP contribution >= 0.6 is 0 Å². The average Bonchev–Trinajstić information content (AvgIpc) is 3.28. The van der Waals surface area contributed by atoms with E-state index >= 15 is 0 Å². The first kappa shape index (κ1) is 26.0. The largest absolute Gasteiger partial charge is 0.489 e. The summed E-state index contributed by atoms with van der Waals surface area (Å²) < 4.78 is 16.7. The first-order chi connectivity index (χ1) is 19.0. The molecular formula is C33H31NO5. The van der Waals surface area contributed by atoms with E-state index in [1.54, 1.807) is 6.92 Å². The van der Waals surface area contributed by atoms with Gasteiger partial charge in [-0.25, -0.2) is 9.59 Å². The van der Waals surface area contributed by atoms with Crippen molar-refractivity contribution >= 4 is 12.1 Å². The fourth-order valence-electron chi connectivity index (χ4n) is 4.69. The van der Waals surface area contributed by atoms with Gasteiger partial charge in [-0.15, -0.1) is 0 Å². The summed E-state index contributed by atoms with van der Waals surface area (Å²) in [4.78, 5) is 24.9. The Labute approximate surface area is 228 Å². The van der Waals surface area contributed by atoms with Crippen LogP contribution in [0.3, 0.4) is 0 Å². The highest BCUT2D eigenvalue weighted by atomic mass is 16.6. The Morgan fingerprint density at radius 2 is 1.31 bits per heavy atom. The van der Waals surface area contributed by atoms with Crippen molar-refractivity contribution in [1.29, 1.82) is 0 Å². The van der Waals surface area contributed by atoms with Gasteiger partial charge in [-0.05, 0) is 59.4 Å². The minimum absolute atomic E-state index is 0.0470. The molecule has 0 aromatic heterocycles. The van der Waals surface area contributed by atoms with Gasteiger partial charge in [-0.3, -0.25) is 0 Å². The van der Waals surface area contributed by atoms with Gasteiger partial charge < -0.3 is 19.5 Å². The standard InChI is InChI=1S/C33H31NO5/c1-22-11-13-24(14-12-22)19-37-26-17-15-25(16-18-26)20-38-32(35)23(2)34-33(36)39-21-31-29-9-5-3-7-27(29)28-8-4-6-10-30(28)31/h3-18,23,31H,19-21H2,1-2H3,(H,34,36)/t23-/m0/s1. The molecule has 198 valence electrons. The molecule has 6 heteroatoms. The summed E-state index contributed by atoms with van der Waals surface area (Å²) in [6.45, 7) is 4.38. The van der Waals surface area contributed by atoms with Gasteiger partial charge in [0.15, 0.2) is 0 Å². The van der Waals surface area contributed by atoms with Crippen molar-refractivity contribution < 1.29 is 23.8 Å². The summed E-state index contributed by atoms with van der Waals surface area (Å²) in [6, 6.07) is 31.0. The lowest BCUT2D eigenvalue weighted by molar-refractivity contribution is -0.146. The minimum atomic E-state index is -0.849. The summed E-state index contributed by atoms with van der Waals surface area (Å²) in [5, 5.41) is 2.58. The van der Waals surface area contributed by atoms with Crippen LogP contribution in [0.5, 0.6) is 5.75 Å². The van der Waals surface area contributed by atoms with Crippen molar-refractivity contribution in [2.75, 3.05) is 6.61 Å². The summed E-state index contributed by atoms with van der Waals surface area (Å²) in [6.07, 6.45) is -0.656. The highest BCUT2D eigenvalue weighted by Crippen LogP contribution is 2.44. The molecule has 0 unspecified atom stereocenters. The lowest BCUT2D eigenvalue weighted by Crippen LogP contribution is -2.40. The lowest BCUT2D eigenvalue weighted by Gasteiger charge is -2.17. The number of ether oxygens (including phenoxy) is 3. The predicted molar refractivity (Wildman–Crippen MR) is 149 cm³/mol. The van der Waals surface area contributed by atoms with Gasteiger partial charge in [-0.2, -0.15) is 0 Å². The summed E-state index contributed by atoms with van der Waals surface area (Å²) in [5.41, 5.74) is 7.70. The lowest BCUT2D eigenvalue weighted by atomic mass is 9.98. The van der Waals surface area contributed by atoms with Crippen LogP contribution in [-0.4, -0.2) is 24.7 Å². The second kappa shape index (κ2) is 11.9. The van der Waals surface area contributed by atoms with Gasteiger partial charge in [0, 0.05) is 5.92 Å². The second-order valence-corrected chi connectivity index (χ2v) is 9.72. The third-order valence-corrected chi connectivity index (χ3v) is 6.86. The molecule has 4 aromatic rings. The number of hydrogen-bond donors (Lipinski definition) is 1. The number of carbonyl (C=O) groups excluding carboxylic acids is 2. The maximum atomic E-state index is 12.5. The quantitative estimate of drug-likeness (QED) is 0.253. The fourth-order valence-corrected chi connectivity index (χ4v) is 4.69. The summed E-state index contributed by atoms with van der Waals surface area (Å²) >= 11 is 0. The third-order valence-electron chi connectivity index (χ3n) is 6.86. The number of fused-ring (bicyclic) bond motifs is 3. The number of esters is 1. The average molecular weight is 522 g/mol.